The zero-order valence-electron chi connectivity index (χ0n) is 17.8. The second-order valence-corrected chi connectivity index (χ2v) is 8.60. The molecule has 0 radical (unpaired) electrons. The zero-order chi connectivity index (χ0) is 20.8. The van der Waals surface area contributed by atoms with Gasteiger partial charge in [0.05, 0.1) is 18.6 Å². The molecule has 30 heavy (non-hydrogen) atoms. The number of rotatable bonds is 5. The van der Waals surface area contributed by atoms with E-state index < -0.39 is 0 Å². The summed E-state index contributed by atoms with van der Waals surface area (Å²) in [4.78, 5) is 4.09. The molecule has 158 valence electrons. The molecule has 2 aromatic rings. The average Bonchev–Trinajstić information content (AvgIpc) is 3.31. The minimum absolute atomic E-state index is 0.209. The first kappa shape index (κ1) is 20.8. The monoisotopic (exact) mass is 405 g/mol. The Kier molecular flexibility index (Phi) is 6.59. The van der Waals surface area contributed by atoms with Crippen LogP contribution in [0.1, 0.15) is 62.5 Å². The number of aliphatic hydroxyl groups is 1. The number of aliphatic hydroxyl groups excluding tert-OH is 1. The molecule has 0 aliphatic heterocycles. The molecule has 4 heteroatoms. The molecule has 4 rings (SSSR count). The maximum Gasteiger partial charge on any atom is 0.161 e. The van der Waals surface area contributed by atoms with Crippen molar-refractivity contribution in [2.75, 3.05) is 13.7 Å². The maximum atomic E-state index is 9.88. The van der Waals surface area contributed by atoms with Gasteiger partial charge in [-0.2, -0.15) is 0 Å². The Labute approximate surface area is 179 Å². The van der Waals surface area contributed by atoms with Crippen molar-refractivity contribution in [1.82, 2.24) is 4.98 Å². The lowest BCUT2D eigenvalue weighted by molar-refractivity contribution is 0.162. The Hall–Kier alpha value is -2.51. The van der Waals surface area contributed by atoms with Gasteiger partial charge < -0.3 is 14.6 Å². The lowest BCUT2D eigenvalue weighted by atomic mass is 9.66. The number of hydrogen-bond acceptors (Lipinski definition) is 4. The summed E-state index contributed by atoms with van der Waals surface area (Å²) in [5.74, 6) is 8.84. The van der Waals surface area contributed by atoms with Gasteiger partial charge in [-0.3, -0.25) is 4.98 Å². The van der Waals surface area contributed by atoms with Crippen molar-refractivity contribution in [3.63, 3.8) is 0 Å². The Morgan fingerprint density at radius 1 is 1.07 bits per heavy atom. The fourth-order valence-electron chi connectivity index (χ4n) is 4.87. The summed E-state index contributed by atoms with van der Waals surface area (Å²) in [6, 6.07) is 10.2. The fourth-order valence-corrected chi connectivity index (χ4v) is 4.87. The molecule has 2 aliphatic rings. The summed E-state index contributed by atoms with van der Waals surface area (Å²) in [6.07, 6.45) is 12.4. The van der Waals surface area contributed by atoms with Crippen LogP contribution in [0.3, 0.4) is 0 Å². The number of methoxy groups -OCH3 is 1. The second kappa shape index (κ2) is 9.53. The van der Waals surface area contributed by atoms with Gasteiger partial charge in [0.25, 0.3) is 0 Å². The van der Waals surface area contributed by atoms with E-state index in [9.17, 15) is 5.11 Å². The highest BCUT2D eigenvalue weighted by molar-refractivity contribution is 5.49. The number of ether oxygens (including phenoxy) is 2. The van der Waals surface area contributed by atoms with Crippen LogP contribution in [-0.4, -0.2) is 29.9 Å². The molecule has 1 aromatic carbocycles. The van der Waals surface area contributed by atoms with Crippen molar-refractivity contribution >= 4 is 0 Å². The highest BCUT2D eigenvalue weighted by Crippen LogP contribution is 2.44. The first-order valence-electron chi connectivity index (χ1n) is 11.1. The number of benzene rings is 1. The summed E-state index contributed by atoms with van der Waals surface area (Å²) < 4.78 is 12.0. The van der Waals surface area contributed by atoms with Crippen molar-refractivity contribution in [2.45, 2.75) is 62.9 Å². The van der Waals surface area contributed by atoms with E-state index in [1.54, 1.807) is 19.5 Å². The topological polar surface area (TPSA) is 51.6 Å². The van der Waals surface area contributed by atoms with E-state index in [-0.39, 0.29) is 24.0 Å². The van der Waals surface area contributed by atoms with E-state index >= 15 is 0 Å². The molecule has 1 aromatic heterocycles. The molecular formula is C26H31NO3. The highest BCUT2D eigenvalue weighted by Gasteiger charge is 2.37. The van der Waals surface area contributed by atoms with E-state index in [0.717, 1.165) is 61.2 Å². The van der Waals surface area contributed by atoms with Gasteiger partial charge in [-0.05, 0) is 80.7 Å². The number of hydrogen-bond donors (Lipinski definition) is 1. The van der Waals surface area contributed by atoms with E-state index in [2.05, 4.69) is 29.0 Å². The third-order valence-corrected chi connectivity index (χ3v) is 6.55. The Bertz CT molecular complexity index is 895. The van der Waals surface area contributed by atoms with Crippen LogP contribution in [0.2, 0.25) is 0 Å². The molecule has 0 saturated heterocycles. The highest BCUT2D eigenvalue weighted by atomic mass is 16.5. The van der Waals surface area contributed by atoms with Crippen LogP contribution in [0.25, 0.3) is 0 Å². The minimum Gasteiger partial charge on any atom is -0.493 e. The van der Waals surface area contributed by atoms with Gasteiger partial charge in [-0.1, -0.05) is 24.3 Å². The molecule has 0 unspecified atom stereocenters. The first-order valence-corrected chi connectivity index (χ1v) is 11.1. The number of aromatic nitrogens is 1. The Morgan fingerprint density at radius 3 is 2.60 bits per heavy atom. The molecule has 0 bridgehead atoms. The third-order valence-electron chi connectivity index (χ3n) is 6.55. The average molecular weight is 406 g/mol. The predicted molar refractivity (Wildman–Crippen MR) is 118 cm³/mol. The lowest BCUT2D eigenvalue weighted by Gasteiger charge is -2.37. The quantitative estimate of drug-likeness (QED) is 0.720. The summed E-state index contributed by atoms with van der Waals surface area (Å²) in [7, 11) is 1.69. The molecule has 0 spiro atoms. The molecule has 2 saturated carbocycles. The van der Waals surface area contributed by atoms with Crippen LogP contribution < -0.4 is 9.47 Å². The van der Waals surface area contributed by atoms with E-state index in [4.69, 9.17) is 9.47 Å². The van der Waals surface area contributed by atoms with Crippen molar-refractivity contribution in [2.24, 2.45) is 5.92 Å². The largest absolute Gasteiger partial charge is 0.493 e. The van der Waals surface area contributed by atoms with Crippen LogP contribution in [0.15, 0.2) is 42.7 Å². The van der Waals surface area contributed by atoms with E-state index in [1.807, 2.05) is 18.2 Å². The molecule has 2 fully saturated rings. The minimum atomic E-state index is -0.297. The van der Waals surface area contributed by atoms with Crippen LogP contribution in [-0.2, 0) is 5.41 Å². The fraction of sp³-hybridized carbons (Fsp3) is 0.500. The van der Waals surface area contributed by atoms with Crippen molar-refractivity contribution in [1.29, 1.82) is 0 Å². The first-order chi connectivity index (χ1) is 14.7. The second-order valence-electron chi connectivity index (χ2n) is 8.60. The van der Waals surface area contributed by atoms with E-state index in [1.165, 1.54) is 12.8 Å². The van der Waals surface area contributed by atoms with Crippen molar-refractivity contribution < 1.29 is 14.6 Å². The summed E-state index contributed by atoms with van der Waals surface area (Å²) in [5, 5.41) is 9.88. The number of nitrogens with zero attached hydrogens (tertiary/aromatic N) is 1. The van der Waals surface area contributed by atoms with Gasteiger partial charge in [0.2, 0.25) is 0 Å². The number of pyridine rings is 1. The molecule has 2 aliphatic carbocycles. The smallest absolute Gasteiger partial charge is 0.161 e. The summed E-state index contributed by atoms with van der Waals surface area (Å²) in [5.41, 5.74) is 1.83. The van der Waals surface area contributed by atoms with Gasteiger partial charge in [-0.25, -0.2) is 0 Å². The van der Waals surface area contributed by atoms with Crippen molar-refractivity contribution in [3.8, 4) is 23.3 Å². The molecule has 1 N–H and O–H groups in total. The van der Waals surface area contributed by atoms with Gasteiger partial charge in [-0.15, -0.1) is 0 Å². The Morgan fingerprint density at radius 2 is 1.87 bits per heavy atom. The van der Waals surface area contributed by atoms with Gasteiger partial charge in [0.15, 0.2) is 11.5 Å². The molecule has 2 atom stereocenters. The standard InChI is InChI=1S/C26H31NO3/c1-29-24-9-8-22(17-25(24)30-23-6-2-3-7-23)26(13-4-5-21(18-26)19-28)14-10-20-11-15-27-16-12-20/h8-9,11-12,15-17,21,23,28H,2-7,13,18-19H2,1H3/t21-,26+/m1/s1. The molecule has 0 amide bonds. The SMILES string of the molecule is COc1ccc([C@]2(C#Cc3ccncc3)CCC[C@@H](CO)C2)cc1OC1CCCC1. The predicted octanol–water partition coefficient (Wildman–Crippen LogP) is 4.88. The maximum absolute atomic E-state index is 9.88. The third kappa shape index (κ3) is 4.63. The van der Waals surface area contributed by atoms with Crippen LogP contribution in [0.4, 0.5) is 0 Å². The molecular weight excluding hydrogens is 374 g/mol. The van der Waals surface area contributed by atoms with Crippen LogP contribution in [0, 0.1) is 17.8 Å². The summed E-state index contributed by atoms with van der Waals surface area (Å²) >= 11 is 0. The summed E-state index contributed by atoms with van der Waals surface area (Å²) in [6.45, 7) is 0.209. The normalized spacial score (nSPS) is 24.1. The molecule has 1 heterocycles. The van der Waals surface area contributed by atoms with Gasteiger partial charge in [0, 0.05) is 24.6 Å². The van der Waals surface area contributed by atoms with E-state index in [0.29, 0.717) is 0 Å². The van der Waals surface area contributed by atoms with Crippen LogP contribution in [0.5, 0.6) is 11.5 Å². The molecule has 4 nitrogen and oxygen atoms in total. The zero-order valence-corrected chi connectivity index (χ0v) is 17.8. The Balaban J connectivity index is 1.72. The lowest BCUT2D eigenvalue weighted by Crippen LogP contribution is -2.33. The van der Waals surface area contributed by atoms with Gasteiger partial charge in [0.1, 0.15) is 0 Å². The van der Waals surface area contributed by atoms with Crippen molar-refractivity contribution in [3.05, 3.63) is 53.9 Å². The van der Waals surface area contributed by atoms with Gasteiger partial charge >= 0.3 is 0 Å². The van der Waals surface area contributed by atoms with Crippen LogP contribution >= 0.6 is 0 Å².